The molecule has 2 rings (SSSR count). The number of likely N-dealkylation sites (N-methyl/N-ethyl adjacent to an activating group) is 1. The van der Waals surface area contributed by atoms with Crippen LogP contribution in [0.2, 0.25) is 0 Å². The molecule has 0 fully saturated rings. The lowest BCUT2D eigenvalue weighted by molar-refractivity contribution is -0.116. The van der Waals surface area contributed by atoms with Gasteiger partial charge in [0.25, 0.3) is 0 Å². The van der Waals surface area contributed by atoms with Gasteiger partial charge in [-0.05, 0) is 18.6 Å². The lowest BCUT2D eigenvalue weighted by atomic mass is 10.2. The van der Waals surface area contributed by atoms with Crippen molar-refractivity contribution in [3.05, 3.63) is 18.2 Å². The first-order valence-corrected chi connectivity index (χ1v) is 5.98. The first kappa shape index (κ1) is 11.8. The molecule has 0 aliphatic carbocycles. The van der Waals surface area contributed by atoms with Gasteiger partial charge in [0.1, 0.15) is 12.4 Å². The quantitative estimate of drug-likeness (QED) is 0.872. The monoisotopic (exact) mass is 234 g/mol. The second-order valence-electron chi connectivity index (χ2n) is 4.25. The minimum atomic E-state index is 0.0524. The largest absolute Gasteiger partial charge is 0.489 e. The van der Waals surface area contributed by atoms with Crippen molar-refractivity contribution in [3.8, 4) is 5.75 Å². The van der Waals surface area contributed by atoms with Crippen LogP contribution in [-0.4, -0.2) is 26.1 Å². The molecule has 0 spiro atoms. The molecule has 1 aliphatic heterocycles. The van der Waals surface area contributed by atoms with Crippen LogP contribution in [0.15, 0.2) is 18.2 Å². The van der Waals surface area contributed by atoms with Gasteiger partial charge in [-0.15, -0.1) is 0 Å². The van der Waals surface area contributed by atoms with E-state index in [2.05, 4.69) is 10.2 Å². The summed E-state index contributed by atoms with van der Waals surface area (Å²) in [7, 11) is 2.04. The van der Waals surface area contributed by atoms with E-state index in [9.17, 15) is 4.79 Å². The molecule has 4 heteroatoms. The molecule has 1 aliphatic rings. The Morgan fingerprint density at radius 3 is 3.12 bits per heavy atom. The molecule has 1 N–H and O–H groups in total. The third-order valence-corrected chi connectivity index (χ3v) is 2.82. The summed E-state index contributed by atoms with van der Waals surface area (Å²) in [6, 6.07) is 5.78. The maximum atomic E-state index is 11.5. The minimum Gasteiger partial charge on any atom is -0.489 e. The summed E-state index contributed by atoms with van der Waals surface area (Å²) in [4.78, 5) is 13.6. The molecule has 0 radical (unpaired) electrons. The molecule has 92 valence electrons. The molecule has 0 saturated heterocycles. The number of amides is 1. The topological polar surface area (TPSA) is 41.6 Å². The van der Waals surface area contributed by atoms with Gasteiger partial charge in [0.15, 0.2) is 0 Å². The van der Waals surface area contributed by atoms with Crippen LogP contribution in [0.3, 0.4) is 0 Å². The van der Waals surface area contributed by atoms with Crippen LogP contribution >= 0.6 is 0 Å². The summed E-state index contributed by atoms with van der Waals surface area (Å²) in [6.07, 6.45) is 1.41. The number of rotatable bonds is 3. The third-order valence-electron chi connectivity index (χ3n) is 2.82. The van der Waals surface area contributed by atoms with Crippen LogP contribution in [0, 0.1) is 0 Å². The molecule has 1 heterocycles. The van der Waals surface area contributed by atoms with E-state index in [1.807, 2.05) is 32.2 Å². The van der Waals surface area contributed by atoms with Gasteiger partial charge in [-0.3, -0.25) is 4.79 Å². The Balaban J connectivity index is 2.13. The Morgan fingerprint density at radius 1 is 1.53 bits per heavy atom. The SMILES string of the molecule is CCCC(=O)Nc1ccc2c(c1)OCCN2C. The van der Waals surface area contributed by atoms with Crippen molar-refractivity contribution >= 4 is 17.3 Å². The van der Waals surface area contributed by atoms with Gasteiger partial charge in [-0.25, -0.2) is 0 Å². The van der Waals surface area contributed by atoms with E-state index >= 15 is 0 Å². The van der Waals surface area contributed by atoms with Crippen molar-refractivity contribution in [2.75, 3.05) is 30.4 Å². The molecule has 0 unspecified atom stereocenters. The van der Waals surface area contributed by atoms with Gasteiger partial charge in [0.2, 0.25) is 5.91 Å². The van der Waals surface area contributed by atoms with Crippen LogP contribution in [0.5, 0.6) is 5.75 Å². The minimum absolute atomic E-state index is 0.0524. The molecule has 1 aromatic carbocycles. The molecule has 4 nitrogen and oxygen atoms in total. The van der Waals surface area contributed by atoms with Crippen LogP contribution in [0.4, 0.5) is 11.4 Å². The predicted molar refractivity (Wildman–Crippen MR) is 68.7 cm³/mol. The number of nitrogens with zero attached hydrogens (tertiary/aromatic N) is 1. The summed E-state index contributed by atoms with van der Waals surface area (Å²) in [5.74, 6) is 0.893. The lowest BCUT2D eigenvalue weighted by Crippen LogP contribution is -2.28. The highest BCUT2D eigenvalue weighted by molar-refractivity contribution is 5.91. The van der Waals surface area contributed by atoms with Gasteiger partial charge in [0.05, 0.1) is 12.2 Å². The van der Waals surface area contributed by atoms with Crippen LogP contribution in [0.1, 0.15) is 19.8 Å². The number of ether oxygens (including phenoxy) is 1. The normalized spacial score (nSPS) is 13.9. The maximum absolute atomic E-state index is 11.5. The Kier molecular flexibility index (Phi) is 3.52. The average Bonchev–Trinajstić information content (AvgIpc) is 2.29. The van der Waals surface area contributed by atoms with Crippen molar-refractivity contribution in [2.45, 2.75) is 19.8 Å². The van der Waals surface area contributed by atoms with Crippen molar-refractivity contribution < 1.29 is 9.53 Å². The molecule has 1 amide bonds. The summed E-state index contributed by atoms with van der Waals surface area (Å²) < 4.78 is 5.58. The van der Waals surface area contributed by atoms with E-state index in [-0.39, 0.29) is 5.91 Å². The van der Waals surface area contributed by atoms with E-state index in [1.165, 1.54) is 0 Å². The zero-order valence-electron chi connectivity index (χ0n) is 10.3. The number of anilines is 2. The summed E-state index contributed by atoms with van der Waals surface area (Å²) in [6.45, 7) is 3.58. The highest BCUT2D eigenvalue weighted by Crippen LogP contribution is 2.33. The highest BCUT2D eigenvalue weighted by atomic mass is 16.5. The van der Waals surface area contributed by atoms with Gasteiger partial charge in [-0.1, -0.05) is 6.92 Å². The number of carbonyl (C=O) groups is 1. The number of benzene rings is 1. The van der Waals surface area contributed by atoms with E-state index in [0.717, 1.165) is 30.1 Å². The van der Waals surface area contributed by atoms with E-state index < -0.39 is 0 Å². The Labute approximate surface area is 102 Å². The summed E-state index contributed by atoms with van der Waals surface area (Å²) in [5.41, 5.74) is 1.88. The zero-order valence-corrected chi connectivity index (χ0v) is 10.3. The van der Waals surface area contributed by atoms with Gasteiger partial charge < -0.3 is 15.0 Å². The van der Waals surface area contributed by atoms with Crippen molar-refractivity contribution in [1.29, 1.82) is 0 Å². The molecular formula is C13H18N2O2. The molecule has 17 heavy (non-hydrogen) atoms. The number of nitrogens with one attached hydrogen (secondary N) is 1. The van der Waals surface area contributed by atoms with Gasteiger partial charge >= 0.3 is 0 Å². The molecule has 0 bridgehead atoms. The van der Waals surface area contributed by atoms with Crippen LogP contribution in [-0.2, 0) is 4.79 Å². The van der Waals surface area contributed by atoms with Gasteiger partial charge in [-0.2, -0.15) is 0 Å². The highest BCUT2D eigenvalue weighted by Gasteiger charge is 2.15. The molecule has 1 aromatic rings. The predicted octanol–water partition coefficient (Wildman–Crippen LogP) is 2.25. The second-order valence-corrected chi connectivity index (χ2v) is 4.25. The summed E-state index contributed by atoms with van der Waals surface area (Å²) >= 11 is 0. The molecule has 0 saturated carbocycles. The summed E-state index contributed by atoms with van der Waals surface area (Å²) in [5, 5.41) is 2.87. The Bertz CT molecular complexity index is 418. The number of fused-ring (bicyclic) bond motifs is 1. The van der Waals surface area contributed by atoms with E-state index in [1.54, 1.807) is 0 Å². The fourth-order valence-electron chi connectivity index (χ4n) is 1.89. The zero-order chi connectivity index (χ0) is 12.3. The standard InChI is InChI=1S/C13H18N2O2/c1-3-4-13(16)14-10-5-6-11-12(9-10)17-8-7-15(11)2/h5-6,9H,3-4,7-8H2,1-2H3,(H,14,16). The van der Waals surface area contributed by atoms with Crippen LogP contribution in [0.25, 0.3) is 0 Å². The average molecular weight is 234 g/mol. The Hall–Kier alpha value is -1.71. The fourth-order valence-corrected chi connectivity index (χ4v) is 1.89. The van der Waals surface area contributed by atoms with Crippen molar-refractivity contribution in [1.82, 2.24) is 0 Å². The number of carbonyl (C=O) groups excluding carboxylic acids is 1. The lowest BCUT2D eigenvalue weighted by Gasteiger charge is -2.27. The van der Waals surface area contributed by atoms with E-state index in [0.29, 0.717) is 13.0 Å². The van der Waals surface area contributed by atoms with Crippen molar-refractivity contribution in [3.63, 3.8) is 0 Å². The molecule has 0 atom stereocenters. The fraction of sp³-hybridized carbons (Fsp3) is 0.462. The first-order valence-electron chi connectivity index (χ1n) is 5.98. The first-order chi connectivity index (χ1) is 8.20. The maximum Gasteiger partial charge on any atom is 0.224 e. The molecular weight excluding hydrogens is 216 g/mol. The second kappa shape index (κ2) is 5.08. The van der Waals surface area contributed by atoms with Crippen molar-refractivity contribution in [2.24, 2.45) is 0 Å². The molecule has 0 aromatic heterocycles. The number of hydrogen-bond acceptors (Lipinski definition) is 3. The van der Waals surface area contributed by atoms with Crippen LogP contribution < -0.4 is 15.0 Å². The van der Waals surface area contributed by atoms with Gasteiger partial charge in [0, 0.05) is 25.2 Å². The third kappa shape index (κ3) is 2.70. The Morgan fingerprint density at radius 2 is 2.35 bits per heavy atom. The number of hydrogen-bond donors (Lipinski definition) is 1. The van der Waals surface area contributed by atoms with E-state index in [4.69, 9.17) is 4.74 Å². The smallest absolute Gasteiger partial charge is 0.224 e.